The molecule has 0 aliphatic carbocycles. The summed E-state index contributed by atoms with van der Waals surface area (Å²) in [5.74, 6) is -0.434. The smallest absolute Gasteiger partial charge is 0.152 e. The Kier molecular flexibility index (Phi) is 2.41. The molecule has 88 valence electrons. The molecule has 3 nitrogen and oxygen atoms in total. The molecule has 0 aromatic carbocycles. The van der Waals surface area contributed by atoms with E-state index in [-0.39, 0.29) is 5.69 Å². The third-order valence-electron chi connectivity index (χ3n) is 2.86. The first kappa shape index (κ1) is 10.7. The van der Waals surface area contributed by atoms with Gasteiger partial charge >= 0.3 is 0 Å². The van der Waals surface area contributed by atoms with E-state index in [9.17, 15) is 9.18 Å². The molecule has 4 heteroatoms. The zero-order valence-electron chi connectivity index (χ0n) is 9.38. The van der Waals surface area contributed by atoms with Crippen molar-refractivity contribution >= 4 is 11.8 Å². The zero-order chi connectivity index (χ0) is 12.5. The van der Waals surface area contributed by atoms with Gasteiger partial charge in [0.2, 0.25) is 0 Å². The van der Waals surface area contributed by atoms with E-state index in [1.807, 2.05) is 24.4 Å². The quantitative estimate of drug-likeness (QED) is 0.645. The fourth-order valence-electron chi connectivity index (χ4n) is 2.04. The van der Waals surface area contributed by atoms with Crippen molar-refractivity contribution in [2.75, 3.05) is 0 Å². The molecule has 3 aromatic heterocycles. The molecule has 0 unspecified atom stereocenters. The molecule has 0 atom stereocenters. The van der Waals surface area contributed by atoms with Crippen LogP contribution in [-0.2, 0) is 0 Å². The highest BCUT2D eigenvalue weighted by atomic mass is 19.1. The van der Waals surface area contributed by atoms with Gasteiger partial charge in [-0.15, -0.1) is 0 Å². The maximum atomic E-state index is 13.7. The summed E-state index contributed by atoms with van der Waals surface area (Å²) in [5.41, 5.74) is 1.90. The predicted molar refractivity (Wildman–Crippen MR) is 66.0 cm³/mol. The van der Waals surface area contributed by atoms with Crippen molar-refractivity contribution in [2.24, 2.45) is 0 Å². The van der Waals surface area contributed by atoms with E-state index in [1.165, 1.54) is 18.3 Å². The van der Waals surface area contributed by atoms with Crippen molar-refractivity contribution in [1.82, 2.24) is 9.38 Å². The monoisotopic (exact) mass is 240 g/mol. The number of aromatic nitrogens is 2. The van der Waals surface area contributed by atoms with Gasteiger partial charge in [-0.05, 0) is 24.3 Å². The lowest BCUT2D eigenvalue weighted by Crippen LogP contribution is -1.90. The molecule has 0 bridgehead atoms. The molecule has 0 saturated heterocycles. The first-order valence-corrected chi connectivity index (χ1v) is 5.47. The number of pyridine rings is 2. The van der Waals surface area contributed by atoms with Crippen LogP contribution in [0.5, 0.6) is 0 Å². The van der Waals surface area contributed by atoms with Gasteiger partial charge in [-0.3, -0.25) is 9.78 Å². The van der Waals surface area contributed by atoms with Gasteiger partial charge in [0.25, 0.3) is 0 Å². The Morgan fingerprint density at radius 3 is 2.89 bits per heavy atom. The van der Waals surface area contributed by atoms with Gasteiger partial charge in [0.05, 0.1) is 5.52 Å². The van der Waals surface area contributed by atoms with E-state index in [4.69, 9.17) is 0 Å². The summed E-state index contributed by atoms with van der Waals surface area (Å²) in [6.07, 6.45) is 5.77. The van der Waals surface area contributed by atoms with Crippen molar-refractivity contribution in [3.63, 3.8) is 0 Å². The fraction of sp³-hybridized carbons (Fsp3) is 0. The molecule has 0 radical (unpaired) electrons. The Balaban J connectivity index is 2.36. The molecular formula is C14H9FN2O. The van der Waals surface area contributed by atoms with Crippen molar-refractivity contribution in [1.29, 1.82) is 0 Å². The summed E-state index contributed by atoms with van der Waals surface area (Å²) in [7, 11) is 0. The Morgan fingerprint density at radius 2 is 2.11 bits per heavy atom. The van der Waals surface area contributed by atoms with E-state index in [2.05, 4.69) is 4.98 Å². The van der Waals surface area contributed by atoms with Gasteiger partial charge in [-0.25, -0.2) is 4.39 Å². The van der Waals surface area contributed by atoms with E-state index in [0.717, 1.165) is 11.8 Å². The van der Waals surface area contributed by atoms with Crippen LogP contribution < -0.4 is 0 Å². The second kappa shape index (κ2) is 4.07. The summed E-state index contributed by atoms with van der Waals surface area (Å²) >= 11 is 0. The van der Waals surface area contributed by atoms with Crippen LogP contribution in [0.1, 0.15) is 10.4 Å². The number of nitrogens with zero attached hydrogens (tertiary/aromatic N) is 2. The van der Waals surface area contributed by atoms with Crippen LogP contribution >= 0.6 is 0 Å². The number of halogens is 1. The first-order valence-electron chi connectivity index (χ1n) is 5.47. The molecule has 3 aromatic rings. The van der Waals surface area contributed by atoms with Gasteiger partial charge in [0, 0.05) is 29.7 Å². The summed E-state index contributed by atoms with van der Waals surface area (Å²) in [6.45, 7) is 0. The molecule has 0 saturated carbocycles. The third kappa shape index (κ3) is 1.50. The summed E-state index contributed by atoms with van der Waals surface area (Å²) < 4.78 is 15.5. The molecule has 0 N–H and O–H groups in total. The molecule has 3 heterocycles. The van der Waals surface area contributed by atoms with E-state index < -0.39 is 5.82 Å². The Morgan fingerprint density at radius 1 is 1.22 bits per heavy atom. The van der Waals surface area contributed by atoms with E-state index in [1.54, 1.807) is 10.6 Å². The molecular weight excluding hydrogens is 231 g/mol. The van der Waals surface area contributed by atoms with Crippen LogP contribution in [0.15, 0.2) is 48.9 Å². The van der Waals surface area contributed by atoms with Crippen molar-refractivity contribution in [2.45, 2.75) is 0 Å². The van der Waals surface area contributed by atoms with Gasteiger partial charge < -0.3 is 4.40 Å². The Bertz CT molecular complexity index is 733. The van der Waals surface area contributed by atoms with E-state index >= 15 is 0 Å². The molecule has 0 aliphatic heterocycles. The predicted octanol–water partition coefficient (Wildman–Crippen LogP) is 2.95. The van der Waals surface area contributed by atoms with Crippen molar-refractivity contribution in [3.05, 3.63) is 60.3 Å². The maximum Gasteiger partial charge on any atom is 0.152 e. The molecule has 0 amide bonds. The largest absolute Gasteiger partial charge is 0.322 e. The number of carbonyl (C=O) groups excluding carboxylic acids is 1. The summed E-state index contributed by atoms with van der Waals surface area (Å²) in [4.78, 5) is 15.2. The third-order valence-corrected chi connectivity index (χ3v) is 2.86. The van der Waals surface area contributed by atoms with Crippen molar-refractivity contribution < 1.29 is 9.18 Å². The fourth-order valence-corrected chi connectivity index (χ4v) is 2.04. The van der Waals surface area contributed by atoms with Gasteiger partial charge in [0.15, 0.2) is 6.29 Å². The number of hydrogen-bond donors (Lipinski definition) is 0. The van der Waals surface area contributed by atoms with Gasteiger partial charge in [-0.2, -0.15) is 0 Å². The Hall–Kier alpha value is -2.49. The molecule has 0 spiro atoms. The Labute approximate surface area is 103 Å². The maximum absolute atomic E-state index is 13.7. The minimum Gasteiger partial charge on any atom is -0.322 e. The highest BCUT2D eigenvalue weighted by Crippen LogP contribution is 2.27. The molecule has 0 aliphatic rings. The van der Waals surface area contributed by atoms with Crippen LogP contribution in [-0.4, -0.2) is 15.7 Å². The number of hydrogen-bond acceptors (Lipinski definition) is 2. The molecule has 0 fully saturated rings. The minimum atomic E-state index is -0.434. The van der Waals surface area contributed by atoms with Crippen molar-refractivity contribution in [3.8, 4) is 11.3 Å². The highest BCUT2D eigenvalue weighted by molar-refractivity contribution is 5.96. The first-order chi connectivity index (χ1) is 8.81. The standard InChI is InChI=1S/C14H9FN2O/c15-12-4-3-6-16-14(12)10-8-17-7-2-1-5-13(17)11(10)9-18/h1-9H. The lowest BCUT2D eigenvalue weighted by atomic mass is 10.1. The van der Waals surface area contributed by atoms with Gasteiger partial charge in [0.1, 0.15) is 11.5 Å². The van der Waals surface area contributed by atoms with Crippen LogP contribution in [0.3, 0.4) is 0 Å². The number of rotatable bonds is 2. The number of fused-ring (bicyclic) bond motifs is 1. The van der Waals surface area contributed by atoms with Crippen LogP contribution in [0.2, 0.25) is 0 Å². The van der Waals surface area contributed by atoms with Crippen LogP contribution in [0.4, 0.5) is 4.39 Å². The lowest BCUT2D eigenvalue weighted by Gasteiger charge is -1.99. The second-order valence-electron chi connectivity index (χ2n) is 3.90. The average Bonchev–Trinajstić information content (AvgIpc) is 2.77. The SMILES string of the molecule is O=Cc1c(-c2ncccc2F)cn2ccccc12. The minimum absolute atomic E-state index is 0.198. The normalized spacial score (nSPS) is 10.7. The van der Waals surface area contributed by atoms with E-state index in [0.29, 0.717) is 11.1 Å². The number of carbonyl (C=O) groups is 1. The average molecular weight is 240 g/mol. The second-order valence-corrected chi connectivity index (χ2v) is 3.90. The topological polar surface area (TPSA) is 34.4 Å². The molecule has 3 rings (SSSR count). The highest BCUT2D eigenvalue weighted by Gasteiger charge is 2.15. The van der Waals surface area contributed by atoms with Crippen LogP contribution in [0, 0.1) is 5.82 Å². The summed E-state index contributed by atoms with van der Waals surface area (Å²) in [6, 6.07) is 8.35. The zero-order valence-corrected chi connectivity index (χ0v) is 9.38. The van der Waals surface area contributed by atoms with Crippen LogP contribution in [0.25, 0.3) is 16.8 Å². The summed E-state index contributed by atoms with van der Waals surface area (Å²) in [5, 5.41) is 0. The number of aldehydes is 1. The molecule has 18 heavy (non-hydrogen) atoms. The van der Waals surface area contributed by atoms with Gasteiger partial charge in [-0.1, -0.05) is 6.07 Å². The lowest BCUT2D eigenvalue weighted by molar-refractivity contribution is 0.112.